The Morgan fingerprint density at radius 1 is 1.34 bits per heavy atom. The van der Waals surface area contributed by atoms with Crippen molar-refractivity contribution in [3.8, 4) is 5.75 Å². The quantitative estimate of drug-likeness (QED) is 0.508. The minimum absolute atomic E-state index is 0.00125. The van der Waals surface area contributed by atoms with Crippen LogP contribution >= 0.6 is 24.0 Å². The fraction of sp³-hybridized carbons (Fsp3) is 0.158. The highest BCUT2D eigenvalue weighted by Gasteiger charge is 2.34. The van der Waals surface area contributed by atoms with Gasteiger partial charge < -0.3 is 14.3 Å². The summed E-state index contributed by atoms with van der Waals surface area (Å²) in [6, 6.07) is 8.42. The number of hydrogen-bond donors (Lipinski definition) is 2. The normalized spacial score (nSPS) is 15.1. The maximum absolute atomic E-state index is 12.7. The molecular weight excluding hydrogens is 416 g/mol. The number of benzene rings is 1. The molecule has 0 unspecified atom stereocenters. The summed E-state index contributed by atoms with van der Waals surface area (Å²) >= 11 is 6.25. The Labute approximate surface area is 175 Å². The lowest BCUT2D eigenvalue weighted by Gasteiger charge is -2.15. The molecule has 0 atom stereocenters. The van der Waals surface area contributed by atoms with E-state index in [1.54, 1.807) is 37.3 Å². The molecule has 1 aliphatic rings. The molecule has 2 heterocycles. The van der Waals surface area contributed by atoms with Gasteiger partial charge in [0.05, 0.1) is 29.8 Å². The van der Waals surface area contributed by atoms with Crippen LogP contribution in [0.3, 0.4) is 0 Å². The summed E-state index contributed by atoms with van der Waals surface area (Å²) in [6.45, 7) is 1.64. The van der Waals surface area contributed by atoms with Gasteiger partial charge in [0.1, 0.15) is 11.5 Å². The van der Waals surface area contributed by atoms with Gasteiger partial charge in [-0.25, -0.2) is 0 Å². The van der Waals surface area contributed by atoms with Crippen molar-refractivity contribution >= 4 is 52.2 Å². The molecule has 10 heteroatoms. The van der Waals surface area contributed by atoms with Crippen LogP contribution in [-0.2, 0) is 9.59 Å². The molecule has 150 valence electrons. The van der Waals surface area contributed by atoms with E-state index in [1.807, 2.05) is 0 Å². The number of thioether (sulfide) groups is 1. The standard InChI is InChI=1S/C19H16N2O6S2/c1-11-13(6-8-26-11)17(24)20-21-18(25)15(29-19(21)28)10-12-4-2-3-5-14(12)27-9-7-16(22)23/h2-6,8,10H,7,9H2,1H3,(H,20,24)(H,22,23)/b15-10+. The van der Waals surface area contributed by atoms with Crippen LogP contribution in [0.25, 0.3) is 6.08 Å². The van der Waals surface area contributed by atoms with Crippen molar-refractivity contribution in [2.45, 2.75) is 13.3 Å². The predicted octanol–water partition coefficient (Wildman–Crippen LogP) is 2.99. The Hall–Kier alpha value is -3.11. The number of aliphatic carboxylic acids is 1. The third-order valence-corrected chi connectivity index (χ3v) is 5.19. The van der Waals surface area contributed by atoms with Gasteiger partial charge in [-0.15, -0.1) is 0 Å². The number of carbonyl (C=O) groups excluding carboxylic acids is 2. The average Bonchev–Trinajstić information content (AvgIpc) is 3.21. The van der Waals surface area contributed by atoms with Crippen molar-refractivity contribution < 1.29 is 28.6 Å². The highest BCUT2D eigenvalue weighted by Crippen LogP contribution is 2.33. The van der Waals surface area contributed by atoms with E-state index >= 15 is 0 Å². The molecule has 1 aromatic carbocycles. The number of aryl methyl sites for hydroxylation is 1. The van der Waals surface area contributed by atoms with Crippen LogP contribution in [-0.4, -0.2) is 38.8 Å². The second-order valence-corrected chi connectivity index (χ2v) is 7.55. The van der Waals surface area contributed by atoms with Gasteiger partial charge in [-0.3, -0.25) is 19.8 Å². The first-order valence-corrected chi connectivity index (χ1v) is 9.66. The van der Waals surface area contributed by atoms with Gasteiger partial charge in [-0.2, -0.15) is 5.01 Å². The number of nitrogens with one attached hydrogen (secondary N) is 1. The van der Waals surface area contributed by atoms with Crippen molar-refractivity contribution in [2.75, 3.05) is 6.61 Å². The second-order valence-electron chi connectivity index (χ2n) is 5.88. The molecule has 0 saturated carbocycles. The zero-order valence-corrected chi connectivity index (χ0v) is 16.8. The van der Waals surface area contributed by atoms with Gasteiger partial charge in [0, 0.05) is 5.56 Å². The number of carboxylic acids is 1. The van der Waals surface area contributed by atoms with Crippen LogP contribution in [0.5, 0.6) is 5.75 Å². The summed E-state index contributed by atoms with van der Waals surface area (Å²) in [4.78, 5) is 36.0. The molecule has 8 nitrogen and oxygen atoms in total. The predicted molar refractivity (Wildman–Crippen MR) is 110 cm³/mol. The van der Waals surface area contributed by atoms with Crippen molar-refractivity contribution in [3.63, 3.8) is 0 Å². The van der Waals surface area contributed by atoms with Crippen LogP contribution < -0.4 is 10.2 Å². The topological polar surface area (TPSA) is 109 Å². The largest absolute Gasteiger partial charge is 0.492 e. The summed E-state index contributed by atoms with van der Waals surface area (Å²) < 4.78 is 10.8. The summed E-state index contributed by atoms with van der Waals surface area (Å²) in [7, 11) is 0. The van der Waals surface area contributed by atoms with E-state index in [9.17, 15) is 14.4 Å². The molecule has 0 bridgehead atoms. The Balaban J connectivity index is 1.76. The van der Waals surface area contributed by atoms with Crippen molar-refractivity contribution in [1.82, 2.24) is 10.4 Å². The molecule has 1 saturated heterocycles. The lowest BCUT2D eigenvalue weighted by Crippen LogP contribution is -2.44. The zero-order valence-electron chi connectivity index (χ0n) is 15.2. The van der Waals surface area contributed by atoms with E-state index in [-0.39, 0.29) is 17.3 Å². The van der Waals surface area contributed by atoms with Crippen LogP contribution in [0, 0.1) is 6.92 Å². The number of hydrogen-bond acceptors (Lipinski definition) is 7. The summed E-state index contributed by atoms with van der Waals surface area (Å²) in [5.41, 5.74) is 3.38. The smallest absolute Gasteiger partial charge is 0.306 e. The number of furan rings is 1. The molecule has 1 fully saturated rings. The fourth-order valence-corrected chi connectivity index (χ4v) is 3.64. The molecule has 1 aromatic heterocycles. The first-order valence-electron chi connectivity index (χ1n) is 8.43. The number of para-hydroxylation sites is 1. The van der Waals surface area contributed by atoms with Gasteiger partial charge in [0.2, 0.25) is 0 Å². The highest BCUT2D eigenvalue weighted by molar-refractivity contribution is 8.26. The van der Waals surface area contributed by atoms with Crippen LogP contribution in [0.4, 0.5) is 0 Å². The van der Waals surface area contributed by atoms with E-state index in [1.165, 1.54) is 12.3 Å². The number of amides is 2. The monoisotopic (exact) mass is 432 g/mol. The fourth-order valence-electron chi connectivity index (χ4n) is 2.47. The van der Waals surface area contributed by atoms with Gasteiger partial charge in [-0.05, 0) is 37.4 Å². The first-order chi connectivity index (χ1) is 13.9. The number of carboxylic acid groups (broad SMARTS) is 1. The number of hydrazine groups is 1. The average molecular weight is 432 g/mol. The van der Waals surface area contributed by atoms with Crippen molar-refractivity contribution in [2.24, 2.45) is 0 Å². The van der Waals surface area contributed by atoms with E-state index < -0.39 is 17.8 Å². The summed E-state index contributed by atoms with van der Waals surface area (Å²) in [5, 5.41) is 9.75. The van der Waals surface area contributed by atoms with Gasteiger partial charge >= 0.3 is 5.97 Å². The molecule has 1 aliphatic heterocycles. The third-order valence-electron chi connectivity index (χ3n) is 3.89. The molecule has 29 heavy (non-hydrogen) atoms. The highest BCUT2D eigenvalue weighted by atomic mass is 32.2. The minimum Gasteiger partial charge on any atom is -0.492 e. The number of carbonyl (C=O) groups is 3. The van der Waals surface area contributed by atoms with Gasteiger partial charge in [-0.1, -0.05) is 30.0 Å². The number of thiocarbonyl (C=S) groups is 1. The number of rotatable bonds is 7. The van der Waals surface area contributed by atoms with Gasteiger partial charge in [0.15, 0.2) is 4.32 Å². The molecule has 2 aromatic rings. The maximum atomic E-state index is 12.7. The van der Waals surface area contributed by atoms with Crippen LogP contribution in [0.15, 0.2) is 45.9 Å². The Bertz CT molecular complexity index is 1010. The molecule has 2 N–H and O–H groups in total. The molecule has 0 spiro atoms. The molecular formula is C19H16N2O6S2. The second kappa shape index (κ2) is 8.93. The number of nitrogens with zero attached hydrogens (tertiary/aromatic N) is 1. The number of ether oxygens (including phenoxy) is 1. The van der Waals surface area contributed by atoms with E-state index in [0.717, 1.165) is 16.8 Å². The Morgan fingerprint density at radius 2 is 2.10 bits per heavy atom. The van der Waals surface area contributed by atoms with Crippen molar-refractivity contribution in [3.05, 3.63) is 58.4 Å². The van der Waals surface area contributed by atoms with Gasteiger partial charge in [0.25, 0.3) is 11.8 Å². The lowest BCUT2D eigenvalue weighted by atomic mass is 10.2. The zero-order chi connectivity index (χ0) is 21.0. The Kier molecular flexibility index (Phi) is 6.35. The molecule has 0 aliphatic carbocycles. The van der Waals surface area contributed by atoms with E-state index in [4.69, 9.17) is 26.5 Å². The first kappa shape index (κ1) is 20.6. The SMILES string of the molecule is Cc1occc1C(=O)NN1C(=O)/C(=C\c2ccccc2OCCC(=O)O)SC1=S. The molecule has 0 radical (unpaired) electrons. The Morgan fingerprint density at radius 3 is 2.79 bits per heavy atom. The van der Waals surface area contributed by atoms with Crippen LogP contribution in [0.2, 0.25) is 0 Å². The molecule has 3 rings (SSSR count). The third kappa shape index (κ3) is 4.84. The van der Waals surface area contributed by atoms with Crippen LogP contribution in [0.1, 0.15) is 28.1 Å². The minimum atomic E-state index is -0.966. The lowest BCUT2D eigenvalue weighted by molar-refractivity contribution is -0.137. The summed E-state index contributed by atoms with van der Waals surface area (Å²) in [6.07, 6.45) is 2.83. The van der Waals surface area contributed by atoms with E-state index in [0.29, 0.717) is 27.5 Å². The van der Waals surface area contributed by atoms with Crippen molar-refractivity contribution in [1.29, 1.82) is 0 Å². The summed E-state index contributed by atoms with van der Waals surface area (Å²) in [5.74, 6) is -1.08. The molecule has 2 amide bonds. The van der Waals surface area contributed by atoms with E-state index in [2.05, 4.69) is 5.43 Å². The maximum Gasteiger partial charge on any atom is 0.306 e.